The largest absolute Gasteiger partial charge is 0.309 e. The molecule has 18 aromatic rings. The number of fused-ring (bicyclic) bond motifs is 15. The van der Waals surface area contributed by atoms with Crippen molar-refractivity contribution in [1.82, 2.24) is 13.7 Å². The van der Waals surface area contributed by atoms with Gasteiger partial charge in [-0.25, -0.2) is 0 Å². The lowest BCUT2D eigenvalue weighted by atomic mass is 10.1. The van der Waals surface area contributed by atoms with Crippen LogP contribution in [0.5, 0.6) is 0 Å². The van der Waals surface area contributed by atoms with Crippen molar-refractivity contribution in [3.63, 3.8) is 0 Å². The highest BCUT2D eigenvalue weighted by Crippen LogP contribution is 2.47. The van der Waals surface area contributed by atoms with Crippen LogP contribution >= 0.6 is 7.14 Å². The van der Waals surface area contributed by atoms with Crippen LogP contribution in [0.4, 0.5) is 0 Å². The van der Waals surface area contributed by atoms with Crippen LogP contribution < -0.4 is 78.2 Å². The third kappa shape index (κ3) is 7.09. The summed E-state index contributed by atoms with van der Waals surface area (Å²) in [5.41, 5.74) is 10.2. The van der Waals surface area contributed by atoms with Crippen molar-refractivity contribution in [2.24, 2.45) is 0 Å². The van der Waals surface area contributed by atoms with E-state index in [0.29, 0.717) is 0 Å². The first-order valence-electron chi connectivity index (χ1n) is 34.0. The van der Waals surface area contributed by atoms with E-state index in [1.165, 1.54) is 111 Å². The normalized spacial score (nSPS) is 14.4. The molecule has 0 spiro atoms. The fraction of sp³-hybridized carbons (Fsp3) is 0. The van der Waals surface area contributed by atoms with Crippen LogP contribution in [0.25, 0.3) is 82.5 Å². The van der Waals surface area contributed by atoms with Gasteiger partial charge in [0.2, 0.25) is 0 Å². The van der Waals surface area contributed by atoms with Gasteiger partial charge in [0.25, 0.3) is 0 Å². The van der Waals surface area contributed by atoms with Crippen molar-refractivity contribution in [3.8, 4) is 17.1 Å². The third-order valence-electron chi connectivity index (χ3n) is 22.5. The molecule has 458 valence electrons. The Morgan fingerprint density at radius 2 is 0.429 bits per heavy atom. The minimum absolute atomic E-state index is 0.784. The van der Waals surface area contributed by atoms with E-state index in [1.54, 1.807) is 0 Å². The second kappa shape index (κ2) is 20.8. The van der Waals surface area contributed by atoms with Crippen molar-refractivity contribution in [2.45, 2.75) is 0 Å². The highest BCUT2D eigenvalue weighted by molar-refractivity contribution is 7.85. The molecule has 0 N–H and O–H groups in total. The summed E-state index contributed by atoms with van der Waals surface area (Å²) in [6, 6.07) is 137. The zero-order valence-electron chi connectivity index (χ0n) is 53.3. The molecule has 0 amide bonds. The lowest BCUT2D eigenvalue weighted by molar-refractivity contribution is 0.592. The minimum Gasteiger partial charge on any atom is -0.309 e. The van der Waals surface area contributed by atoms with Gasteiger partial charge >= 0.3 is 0 Å². The Morgan fingerprint density at radius 3 is 0.684 bits per heavy atom. The van der Waals surface area contributed by atoms with Crippen LogP contribution in [-0.4, -0.2) is 37.9 Å². The first-order chi connectivity index (χ1) is 48.5. The summed E-state index contributed by atoms with van der Waals surface area (Å²) in [6.45, 7) is 0. The molecule has 8 heteroatoms. The van der Waals surface area contributed by atoms with E-state index < -0.39 is 31.4 Å². The van der Waals surface area contributed by atoms with E-state index in [-0.39, 0.29) is 0 Å². The highest BCUT2D eigenvalue weighted by Gasteiger charge is 2.52. The average Bonchev–Trinajstić information content (AvgIpc) is 1.33. The maximum Gasteiger partial charge on any atom is 0.184 e. The molecule has 98 heavy (non-hydrogen) atoms. The van der Waals surface area contributed by atoms with Crippen LogP contribution in [-0.2, 0) is 4.57 Å². The monoisotopic (exact) mass is 1310 g/mol. The molecular weight excluding hydrogens is 1250 g/mol. The number of aromatic nitrogens is 3. The molecule has 0 aliphatic carbocycles. The van der Waals surface area contributed by atoms with Crippen molar-refractivity contribution in [3.05, 3.63) is 364 Å². The Morgan fingerprint density at radius 1 is 0.204 bits per heavy atom. The number of hydrogen-bond acceptors (Lipinski definition) is 1. The second-order valence-corrected chi connectivity index (χ2v) is 40.8. The van der Waals surface area contributed by atoms with Gasteiger partial charge < -0.3 is 18.3 Å². The fourth-order valence-electron chi connectivity index (χ4n) is 18.7. The van der Waals surface area contributed by atoms with Gasteiger partial charge in [-0.2, -0.15) is 0 Å². The topological polar surface area (TPSA) is 31.9 Å². The van der Waals surface area contributed by atoms with Crippen LogP contribution in [0, 0.1) is 0 Å². The first kappa shape index (κ1) is 55.8. The van der Waals surface area contributed by atoms with Crippen LogP contribution in [0.15, 0.2) is 364 Å². The molecule has 0 saturated carbocycles. The Hall–Kier alpha value is -11.4. The van der Waals surface area contributed by atoms with Crippen molar-refractivity contribution in [2.75, 3.05) is 0 Å². The molecule has 0 atom stereocenters. The minimum atomic E-state index is -4.07. The Labute approximate surface area is 570 Å². The zero-order valence-corrected chi connectivity index (χ0v) is 57.2. The van der Waals surface area contributed by atoms with Crippen molar-refractivity contribution < 1.29 is 4.57 Å². The van der Waals surface area contributed by atoms with E-state index in [1.807, 2.05) is 0 Å². The highest BCUT2D eigenvalue weighted by atomic mass is 31.2. The summed E-state index contributed by atoms with van der Waals surface area (Å²) in [7, 11) is -13.6. The summed E-state index contributed by atoms with van der Waals surface area (Å²) in [6.07, 6.45) is 0. The first-order valence-corrected chi connectivity index (χ1v) is 41.7. The van der Waals surface area contributed by atoms with Crippen LogP contribution in [0.3, 0.4) is 0 Å². The van der Waals surface area contributed by atoms with Crippen molar-refractivity contribution in [1.29, 1.82) is 0 Å². The quantitative estimate of drug-likeness (QED) is 0.105. The smallest absolute Gasteiger partial charge is 0.184 e. The lowest BCUT2D eigenvalue weighted by Crippen LogP contribution is -2.77. The number of benzene rings is 15. The standard InChI is InChI=1S/C90H60N3OPSi3/c94-95(61-52-55-82-79(58-61)91-76-46-22-19-40-70(76)73-43-25-49-85(88(73)91)96(82,64-28-7-1-8-29-64)65-30-9-2-10-31-65,62-53-56-83-80(59-62)92-77-47-23-20-41-71(77)74-44-26-50-86(89(74)92)97(83,66-32-11-3-12-33-66)67-34-13-4-14-35-67)63-54-57-84-81(60-63)93-78-48-24-21-42-72(78)75-45-27-51-87(90(75)93)98(84,68-36-15-5-16-37-68)69-38-17-6-18-39-69/h1-60H. The van der Waals surface area contributed by atoms with Gasteiger partial charge in [0, 0.05) is 65.3 Å². The number of nitrogens with zero attached hydrogens (tertiary/aromatic N) is 3. The van der Waals surface area contributed by atoms with E-state index >= 15 is 4.57 Å². The Bertz CT molecular complexity index is 5670. The molecule has 15 aromatic carbocycles. The van der Waals surface area contributed by atoms with Crippen molar-refractivity contribution >= 4 is 175 Å². The summed E-state index contributed by atoms with van der Waals surface area (Å²) >= 11 is 0. The van der Waals surface area contributed by atoms with Gasteiger partial charge in [0.1, 0.15) is 0 Å². The molecule has 3 aliphatic heterocycles. The molecule has 0 radical (unpaired) electrons. The fourth-order valence-corrected chi connectivity index (χ4v) is 36.7. The summed E-state index contributed by atoms with van der Waals surface area (Å²) in [5.74, 6) is 0. The van der Waals surface area contributed by atoms with E-state index in [0.717, 1.165) is 49.5 Å². The molecule has 0 saturated heterocycles. The maximum atomic E-state index is 19.5. The SMILES string of the molecule is O=P(c1ccc2c(c1)-n1c3ccccc3c3cccc(c31)[Si]2(c1ccccc1)c1ccccc1)(c1ccc2c(c1)-n1c3ccccc3c3cccc(c31)[Si]2(c1ccccc1)c1ccccc1)c1ccc2c(c1)-n1c3ccccc3c3cccc(c31)[Si]2(c1ccccc1)c1ccccc1. The van der Waals surface area contributed by atoms with Gasteiger partial charge in [-0.1, -0.05) is 328 Å². The Kier molecular flexibility index (Phi) is 11.8. The van der Waals surface area contributed by atoms with E-state index in [2.05, 4.69) is 378 Å². The van der Waals surface area contributed by atoms with Gasteiger partial charge in [-0.3, -0.25) is 0 Å². The molecule has 4 nitrogen and oxygen atoms in total. The summed E-state index contributed by atoms with van der Waals surface area (Å²) in [4.78, 5) is 0. The van der Waals surface area contributed by atoms with E-state index in [9.17, 15) is 0 Å². The third-order valence-corrected chi connectivity index (χ3v) is 40.0. The number of rotatable bonds is 9. The Balaban J connectivity index is 0.926. The summed E-state index contributed by atoms with van der Waals surface area (Å²) < 4.78 is 27.1. The van der Waals surface area contributed by atoms with Crippen LogP contribution in [0.2, 0.25) is 0 Å². The zero-order chi connectivity index (χ0) is 64.5. The van der Waals surface area contributed by atoms with Gasteiger partial charge in [0.05, 0.1) is 33.1 Å². The maximum absolute atomic E-state index is 19.5. The van der Waals surface area contributed by atoms with Gasteiger partial charge in [-0.05, 0) is 98.6 Å². The molecule has 21 rings (SSSR count). The predicted molar refractivity (Wildman–Crippen MR) is 420 cm³/mol. The molecule has 3 aromatic heterocycles. The average molecular weight is 1310 g/mol. The molecule has 0 unspecified atom stereocenters. The van der Waals surface area contributed by atoms with E-state index in [4.69, 9.17) is 0 Å². The van der Waals surface area contributed by atoms with Gasteiger partial charge in [-0.15, -0.1) is 0 Å². The van der Waals surface area contributed by atoms with Crippen LogP contribution in [0.1, 0.15) is 0 Å². The molecule has 3 aliphatic rings. The summed E-state index contributed by atoms with van der Waals surface area (Å²) in [5, 5.41) is 25.3. The molecule has 0 fully saturated rings. The lowest BCUT2D eigenvalue weighted by Gasteiger charge is -2.41. The van der Waals surface area contributed by atoms with Gasteiger partial charge in [0.15, 0.2) is 31.4 Å². The predicted octanol–water partition coefficient (Wildman–Crippen LogP) is 11.7. The second-order valence-electron chi connectivity index (χ2n) is 26.8. The molecule has 0 bridgehead atoms. The number of para-hydroxylation sites is 6. The molecular formula is C90H60N3OPSi3. The number of hydrogen-bond donors (Lipinski definition) is 0. The molecule has 6 heterocycles.